The Bertz CT molecular complexity index is 1200. The summed E-state index contributed by atoms with van der Waals surface area (Å²) in [6.45, 7) is 6.38. The number of rotatable bonds is 5. The van der Waals surface area contributed by atoms with Crippen molar-refractivity contribution in [3.8, 4) is 11.6 Å². The molecule has 0 unspecified atom stereocenters. The predicted molar refractivity (Wildman–Crippen MR) is 114 cm³/mol. The molecule has 1 N–H and O–H groups in total. The number of pyridine rings is 1. The summed E-state index contributed by atoms with van der Waals surface area (Å²) in [6.07, 6.45) is 0. The molecule has 0 spiro atoms. The van der Waals surface area contributed by atoms with Crippen molar-refractivity contribution in [1.29, 1.82) is 0 Å². The Morgan fingerprint density at radius 3 is 2.72 bits per heavy atom. The van der Waals surface area contributed by atoms with Crippen LogP contribution in [0.25, 0.3) is 16.7 Å². The van der Waals surface area contributed by atoms with Crippen LogP contribution in [0.15, 0.2) is 60.7 Å². The van der Waals surface area contributed by atoms with E-state index >= 15 is 0 Å². The lowest BCUT2D eigenvalue weighted by atomic mass is 10.1. The first-order valence-electron chi connectivity index (χ1n) is 9.53. The molecule has 0 aliphatic rings. The van der Waals surface area contributed by atoms with Crippen molar-refractivity contribution in [2.24, 2.45) is 0 Å². The van der Waals surface area contributed by atoms with Crippen LogP contribution in [0.3, 0.4) is 0 Å². The van der Waals surface area contributed by atoms with Gasteiger partial charge in [0, 0.05) is 17.0 Å². The number of nitrogens with one attached hydrogen (secondary N) is 1. The molecule has 0 radical (unpaired) electrons. The molecule has 2 aromatic carbocycles. The van der Waals surface area contributed by atoms with Gasteiger partial charge in [-0.15, -0.1) is 0 Å². The van der Waals surface area contributed by atoms with Crippen LogP contribution in [0.5, 0.6) is 5.75 Å². The third kappa shape index (κ3) is 3.82. The lowest BCUT2D eigenvalue weighted by Gasteiger charge is -2.11. The molecule has 0 atom stereocenters. The third-order valence-corrected chi connectivity index (χ3v) is 4.61. The first-order valence-corrected chi connectivity index (χ1v) is 9.53. The van der Waals surface area contributed by atoms with Crippen molar-refractivity contribution >= 4 is 22.6 Å². The minimum atomic E-state index is -0.231. The van der Waals surface area contributed by atoms with Crippen LogP contribution in [-0.4, -0.2) is 27.3 Å². The molecular weight excluding hydrogens is 364 g/mol. The zero-order valence-corrected chi connectivity index (χ0v) is 16.6. The maximum absolute atomic E-state index is 12.8. The van der Waals surface area contributed by atoms with Crippen LogP contribution in [0.2, 0.25) is 0 Å². The van der Waals surface area contributed by atoms with Gasteiger partial charge in [-0.1, -0.05) is 24.3 Å². The first-order chi connectivity index (χ1) is 14.0. The molecule has 4 rings (SSSR count). The summed E-state index contributed by atoms with van der Waals surface area (Å²) >= 11 is 0. The lowest BCUT2D eigenvalue weighted by molar-refractivity contribution is 0.102. The van der Waals surface area contributed by atoms with E-state index in [1.807, 2.05) is 63.2 Å². The molecule has 0 saturated heterocycles. The van der Waals surface area contributed by atoms with Crippen LogP contribution < -0.4 is 10.1 Å². The maximum atomic E-state index is 12.8. The molecule has 0 aliphatic carbocycles. The molecule has 0 bridgehead atoms. The summed E-state index contributed by atoms with van der Waals surface area (Å²) in [6, 6.07) is 18.9. The van der Waals surface area contributed by atoms with E-state index in [2.05, 4.69) is 10.4 Å². The number of hydrogen-bond acceptors (Lipinski definition) is 4. The smallest absolute Gasteiger partial charge is 0.256 e. The van der Waals surface area contributed by atoms with Crippen LogP contribution in [-0.2, 0) is 0 Å². The first kappa shape index (κ1) is 18.7. The van der Waals surface area contributed by atoms with Crippen LogP contribution in [0, 0.1) is 13.8 Å². The monoisotopic (exact) mass is 386 g/mol. The number of fused-ring (bicyclic) bond motifs is 1. The summed E-state index contributed by atoms with van der Waals surface area (Å²) in [5.41, 5.74) is 3.29. The van der Waals surface area contributed by atoms with E-state index in [0.29, 0.717) is 29.6 Å². The number of carbonyl (C=O) groups excluding carboxylic acids is 1. The van der Waals surface area contributed by atoms with Crippen molar-refractivity contribution in [3.05, 3.63) is 77.5 Å². The van der Waals surface area contributed by atoms with Gasteiger partial charge in [0.15, 0.2) is 5.82 Å². The molecule has 0 fully saturated rings. The fourth-order valence-electron chi connectivity index (χ4n) is 3.29. The Morgan fingerprint density at radius 2 is 1.90 bits per heavy atom. The van der Waals surface area contributed by atoms with Crippen LogP contribution in [0.1, 0.15) is 28.5 Å². The van der Waals surface area contributed by atoms with Gasteiger partial charge in [-0.2, -0.15) is 9.78 Å². The topological polar surface area (TPSA) is 69.0 Å². The van der Waals surface area contributed by atoms with Crippen molar-refractivity contribution in [3.63, 3.8) is 0 Å². The Labute approximate surface area is 169 Å². The van der Waals surface area contributed by atoms with Gasteiger partial charge in [0.05, 0.1) is 17.8 Å². The summed E-state index contributed by atoms with van der Waals surface area (Å²) in [5.74, 6) is 1.66. The molecule has 2 aromatic heterocycles. The average molecular weight is 386 g/mol. The van der Waals surface area contributed by atoms with Gasteiger partial charge in [0.2, 0.25) is 0 Å². The highest BCUT2D eigenvalue weighted by atomic mass is 16.5. The summed E-state index contributed by atoms with van der Waals surface area (Å²) in [4.78, 5) is 17.5. The second-order valence-corrected chi connectivity index (χ2v) is 6.81. The molecule has 4 aromatic rings. The zero-order valence-electron chi connectivity index (χ0n) is 16.6. The van der Waals surface area contributed by atoms with Gasteiger partial charge in [-0.3, -0.25) is 4.79 Å². The minimum absolute atomic E-state index is 0.231. The number of nitrogens with zero attached hydrogens (tertiary/aromatic N) is 3. The number of para-hydroxylation sites is 1. The van der Waals surface area contributed by atoms with Crippen molar-refractivity contribution in [1.82, 2.24) is 14.8 Å². The summed E-state index contributed by atoms with van der Waals surface area (Å²) < 4.78 is 7.16. The number of anilines is 1. The molecular formula is C23H22N4O2. The number of amides is 1. The quantitative estimate of drug-likeness (QED) is 0.540. The number of ether oxygens (including phenoxy) is 1. The number of carbonyl (C=O) groups is 1. The SMILES string of the molecule is CCOc1cccc(C(=O)Nc2cc(C)nn2-c2cc(C)c3ccccc3n2)c1. The van der Waals surface area contributed by atoms with Gasteiger partial charge >= 0.3 is 0 Å². The number of benzene rings is 2. The molecule has 29 heavy (non-hydrogen) atoms. The second kappa shape index (κ2) is 7.75. The number of aryl methyl sites for hydroxylation is 2. The normalized spacial score (nSPS) is 10.9. The maximum Gasteiger partial charge on any atom is 0.256 e. The van der Waals surface area contributed by atoms with Gasteiger partial charge in [0.25, 0.3) is 5.91 Å². The number of hydrogen-bond donors (Lipinski definition) is 1. The van der Waals surface area contributed by atoms with E-state index in [9.17, 15) is 4.79 Å². The molecule has 0 saturated carbocycles. The largest absolute Gasteiger partial charge is 0.494 e. The highest BCUT2D eigenvalue weighted by molar-refractivity contribution is 6.04. The van der Waals surface area contributed by atoms with Gasteiger partial charge in [-0.25, -0.2) is 4.98 Å². The molecule has 6 heteroatoms. The standard InChI is InChI=1S/C23H22N4O2/c1-4-29-18-9-7-8-17(14-18)23(28)25-22-13-16(3)26-27(22)21-12-15(2)19-10-5-6-11-20(19)24-21/h5-14H,4H2,1-3H3,(H,25,28). The fraction of sp³-hybridized carbons (Fsp3) is 0.174. The van der Waals surface area contributed by atoms with E-state index in [1.165, 1.54) is 0 Å². The van der Waals surface area contributed by atoms with E-state index in [-0.39, 0.29) is 5.91 Å². The highest BCUT2D eigenvalue weighted by Crippen LogP contribution is 2.23. The van der Waals surface area contributed by atoms with E-state index in [0.717, 1.165) is 22.2 Å². The predicted octanol–water partition coefficient (Wildman–Crippen LogP) is 4.69. The Morgan fingerprint density at radius 1 is 1.07 bits per heavy atom. The van der Waals surface area contributed by atoms with Crippen molar-refractivity contribution in [2.45, 2.75) is 20.8 Å². The van der Waals surface area contributed by atoms with E-state index in [1.54, 1.807) is 22.9 Å². The van der Waals surface area contributed by atoms with Crippen molar-refractivity contribution < 1.29 is 9.53 Å². The summed E-state index contributed by atoms with van der Waals surface area (Å²) in [5, 5.41) is 8.58. The molecule has 146 valence electrons. The van der Waals surface area contributed by atoms with E-state index < -0.39 is 0 Å². The summed E-state index contributed by atoms with van der Waals surface area (Å²) in [7, 11) is 0. The Kier molecular flexibility index (Phi) is 4.99. The Balaban J connectivity index is 1.69. The van der Waals surface area contributed by atoms with Gasteiger partial charge in [0.1, 0.15) is 11.6 Å². The van der Waals surface area contributed by atoms with E-state index in [4.69, 9.17) is 9.72 Å². The Hall–Kier alpha value is -3.67. The third-order valence-electron chi connectivity index (χ3n) is 4.61. The van der Waals surface area contributed by atoms with Gasteiger partial charge in [-0.05, 0) is 56.7 Å². The zero-order chi connectivity index (χ0) is 20.4. The molecule has 6 nitrogen and oxygen atoms in total. The van der Waals surface area contributed by atoms with Crippen molar-refractivity contribution in [2.75, 3.05) is 11.9 Å². The minimum Gasteiger partial charge on any atom is -0.494 e. The van der Waals surface area contributed by atoms with Crippen LogP contribution >= 0.6 is 0 Å². The molecule has 0 aliphatic heterocycles. The lowest BCUT2D eigenvalue weighted by Crippen LogP contribution is -2.15. The fourth-order valence-corrected chi connectivity index (χ4v) is 3.29. The second-order valence-electron chi connectivity index (χ2n) is 6.81. The molecule has 1 amide bonds. The van der Waals surface area contributed by atoms with Gasteiger partial charge < -0.3 is 10.1 Å². The number of aromatic nitrogens is 3. The van der Waals surface area contributed by atoms with Crippen LogP contribution in [0.4, 0.5) is 5.82 Å². The highest BCUT2D eigenvalue weighted by Gasteiger charge is 2.15. The average Bonchev–Trinajstić information content (AvgIpc) is 3.08. The molecule has 2 heterocycles.